The molecule has 1 atom stereocenters. The van der Waals surface area contributed by atoms with Crippen LogP contribution in [-0.4, -0.2) is 30.5 Å². The molecule has 6 nitrogen and oxygen atoms in total. The molecule has 1 saturated heterocycles. The van der Waals surface area contributed by atoms with Gasteiger partial charge in [0, 0.05) is 24.7 Å². The third kappa shape index (κ3) is 3.55. The lowest BCUT2D eigenvalue weighted by Crippen LogP contribution is -2.34. The summed E-state index contributed by atoms with van der Waals surface area (Å²) in [7, 11) is 0. The summed E-state index contributed by atoms with van der Waals surface area (Å²) < 4.78 is 0. The van der Waals surface area contributed by atoms with E-state index in [-0.39, 0.29) is 17.8 Å². The zero-order valence-electron chi connectivity index (χ0n) is 12.5. The number of nitrogens with one attached hydrogen (secondary N) is 1. The third-order valence-corrected chi connectivity index (χ3v) is 3.78. The zero-order valence-corrected chi connectivity index (χ0v) is 12.5. The van der Waals surface area contributed by atoms with Crippen molar-refractivity contribution >= 4 is 17.3 Å². The monoisotopic (exact) mass is 301 g/mol. The Labute approximate surface area is 129 Å². The van der Waals surface area contributed by atoms with Gasteiger partial charge in [0.25, 0.3) is 11.6 Å². The number of benzene rings is 1. The molecule has 0 aromatic heterocycles. The highest BCUT2D eigenvalue weighted by Gasteiger charge is 2.25. The predicted octanol–water partition coefficient (Wildman–Crippen LogP) is 2.19. The summed E-state index contributed by atoms with van der Waals surface area (Å²) in [5.74, 6) is 2.40. The number of amides is 1. The number of hydrogen-bond acceptors (Lipinski definition) is 4. The number of piperidine rings is 1. The highest BCUT2D eigenvalue weighted by Crippen LogP contribution is 2.32. The molecule has 0 bridgehead atoms. The number of nitrogens with zero attached hydrogens (tertiary/aromatic N) is 2. The van der Waals surface area contributed by atoms with Gasteiger partial charge in [0.15, 0.2) is 0 Å². The molecule has 22 heavy (non-hydrogen) atoms. The highest BCUT2D eigenvalue weighted by molar-refractivity contribution is 5.95. The molecule has 1 aliphatic heterocycles. The van der Waals surface area contributed by atoms with Gasteiger partial charge in [0.05, 0.1) is 11.5 Å². The molecule has 0 radical (unpaired) electrons. The van der Waals surface area contributed by atoms with Gasteiger partial charge in [-0.2, -0.15) is 0 Å². The fraction of sp³-hybridized carbons (Fsp3) is 0.438. The molecular formula is C16H19N3O3. The maximum atomic E-state index is 11.9. The van der Waals surface area contributed by atoms with Crippen molar-refractivity contribution in [1.29, 1.82) is 0 Å². The van der Waals surface area contributed by atoms with Crippen LogP contribution in [0.3, 0.4) is 0 Å². The summed E-state index contributed by atoms with van der Waals surface area (Å²) >= 11 is 0. The van der Waals surface area contributed by atoms with E-state index >= 15 is 0 Å². The van der Waals surface area contributed by atoms with Crippen molar-refractivity contribution in [2.45, 2.75) is 19.8 Å². The van der Waals surface area contributed by atoms with Crippen molar-refractivity contribution in [3.63, 3.8) is 0 Å². The second-order valence-electron chi connectivity index (χ2n) is 5.54. The molecule has 1 N–H and O–H groups in total. The Morgan fingerprint density at radius 1 is 1.59 bits per heavy atom. The first-order chi connectivity index (χ1) is 10.5. The molecule has 1 amide bonds. The summed E-state index contributed by atoms with van der Waals surface area (Å²) in [5, 5.41) is 13.9. The summed E-state index contributed by atoms with van der Waals surface area (Å²) in [5.41, 5.74) is 0.781. The highest BCUT2D eigenvalue weighted by atomic mass is 16.6. The average Bonchev–Trinajstić information content (AvgIpc) is 2.52. The van der Waals surface area contributed by atoms with Gasteiger partial charge in [-0.15, -0.1) is 6.42 Å². The van der Waals surface area contributed by atoms with Crippen LogP contribution in [0.1, 0.15) is 30.1 Å². The van der Waals surface area contributed by atoms with Gasteiger partial charge < -0.3 is 10.2 Å². The van der Waals surface area contributed by atoms with Crippen LogP contribution in [0.2, 0.25) is 0 Å². The minimum Gasteiger partial charge on any atom is -0.366 e. The fourth-order valence-electron chi connectivity index (χ4n) is 2.72. The lowest BCUT2D eigenvalue weighted by Gasteiger charge is -2.32. The van der Waals surface area contributed by atoms with E-state index in [2.05, 4.69) is 18.2 Å². The smallest absolute Gasteiger partial charge is 0.293 e. The first-order valence-corrected chi connectivity index (χ1v) is 7.28. The van der Waals surface area contributed by atoms with Crippen molar-refractivity contribution < 1.29 is 9.72 Å². The van der Waals surface area contributed by atoms with Crippen LogP contribution in [0.25, 0.3) is 0 Å². The van der Waals surface area contributed by atoms with E-state index in [1.807, 2.05) is 4.90 Å². The normalized spacial score (nSPS) is 17.6. The standard InChI is InChI=1S/C16H19N3O3/c1-3-8-17-16(20)13-6-7-14(15(10-13)19(21)22)18-9-4-5-12(2)11-18/h1,6-7,10,12H,4-5,8-9,11H2,2H3,(H,17,20). The van der Waals surface area contributed by atoms with E-state index in [0.29, 0.717) is 11.6 Å². The Bertz CT molecular complexity index is 622. The molecule has 0 aliphatic carbocycles. The molecule has 1 unspecified atom stereocenters. The number of carbonyl (C=O) groups excluding carboxylic acids is 1. The van der Waals surface area contributed by atoms with Gasteiger partial charge in [-0.1, -0.05) is 12.8 Å². The molecule has 1 aliphatic rings. The Hall–Kier alpha value is -2.55. The number of nitro benzene ring substituents is 1. The quantitative estimate of drug-likeness (QED) is 0.525. The van der Waals surface area contributed by atoms with Crippen LogP contribution in [0.5, 0.6) is 0 Å². The Morgan fingerprint density at radius 3 is 3.00 bits per heavy atom. The van der Waals surface area contributed by atoms with E-state index in [4.69, 9.17) is 6.42 Å². The van der Waals surface area contributed by atoms with Gasteiger partial charge in [0.1, 0.15) is 5.69 Å². The molecular weight excluding hydrogens is 282 g/mol. The SMILES string of the molecule is C#CCNC(=O)c1ccc(N2CCCC(C)C2)c([N+](=O)[O-])c1. The van der Waals surface area contributed by atoms with Gasteiger partial charge >= 0.3 is 0 Å². The fourth-order valence-corrected chi connectivity index (χ4v) is 2.72. The van der Waals surface area contributed by atoms with Crippen molar-refractivity contribution in [3.05, 3.63) is 33.9 Å². The first-order valence-electron chi connectivity index (χ1n) is 7.28. The third-order valence-electron chi connectivity index (χ3n) is 3.78. The number of nitro groups is 1. The van der Waals surface area contributed by atoms with Crippen LogP contribution >= 0.6 is 0 Å². The van der Waals surface area contributed by atoms with Crippen molar-refractivity contribution in [2.75, 3.05) is 24.5 Å². The first kappa shape index (κ1) is 15.8. The van der Waals surface area contributed by atoms with E-state index in [1.165, 1.54) is 6.07 Å². The summed E-state index contributed by atoms with van der Waals surface area (Å²) in [6.45, 7) is 3.83. The number of rotatable bonds is 4. The second-order valence-corrected chi connectivity index (χ2v) is 5.54. The number of carbonyl (C=O) groups is 1. The van der Waals surface area contributed by atoms with Crippen LogP contribution < -0.4 is 10.2 Å². The number of terminal acetylenes is 1. The predicted molar refractivity (Wildman–Crippen MR) is 84.9 cm³/mol. The van der Waals surface area contributed by atoms with Crippen molar-refractivity contribution in [3.8, 4) is 12.3 Å². The van der Waals surface area contributed by atoms with Gasteiger partial charge in [0.2, 0.25) is 0 Å². The van der Waals surface area contributed by atoms with Gasteiger partial charge in [-0.25, -0.2) is 0 Å². The van der Waals surface area contributed by atoms with Gasteiger partial charge in [-0.05, 0) is 30.9 Å². The molecule has 2 rings (SSSR count). The minimum atomic E-state index is -0.438. The van der Waals surface area contributed by atoms with Crippen molar-refractivity contribution in [1.82, 2.24) is 5.32 Å². The molecule has 1 aromatic carbocycles. The molecule has 1 aromatic rings. The van der Waals surface area contributed by atoms with Crippen LogP contribution in [0, 0.1) is 28.4 Å². The number of hydrogen-bond donors (Lipinski definition) is 1. The van der Waals surface area contributed by atoms with Crippen molar-refractivity contribution in [2.24, 2.45) is 5.92 Å². The van der Waals surface area contributed by atoms with E-state index in [0.717, 1.165) is 25.9 Å². The minimum absolute atomic E-state index is 0.0394. The summed E-state index contributed by atoms with van der Waals surface area (Å²) in [6.07, 6.45) is 7.24. The van der Waals surface area contributed by atoms with Crippen LogP contribution in [0.15, 0.2) is 18.2 Å². The molecule has 0 saturated carbocycles. The molecule has 1 heterocycles. The Morgan fingerprint density at radius 2 is 2.36 bits per heavy atom. The zero-order chi connectivity index (χ0) is 16.1. The maximum Gasteiger partial charge on any atom is 0.293 e. The summed E-state index contributed by atoms with van der Waals surface area (Å²) in [6, 6.07) is 4.58. The molecule has 6 heteroatoms. The van der Waals surface area contributed by atoms with E-state index < -0.39 is 10.8 Å². The number of anilines is 1. The largest absolute Gasteiger partial charge is 0.366 e. The summed E-state index contributed by atoms with van der Waals surface area (Å²) in [4.78, 5) is 24.8. The lowest BCUT2D eigenvalue weighted by atomic mass is 9.99. The lowest BCUT2D eigenvalue weighted by molar-refractivity contribution is -0.384. The van der Waals surface area contributed by atoms with Crippen LogP contribution in [-0.2, 0) is 0 Å². The van der Waals surface area contributed by atoms with E-state index in [1.54, 1.807) is 12.1 Å². The Balaban J connectivity index is 2.29. The molecule has 116 valence electrons. The topological polar surface area (TPSA) is 75.5 Å². The molecule has 1 fully saturated rings. The van der Waals surface area contributed by atoms with Crippen LogP contribution in [0.4, 0.5) is 11.4 Å². The second kappa shape index (κ2) is 6.94. The average molecular weight is 301 g/mol. The molecule has 0 spiro atoms. The van der Waals surface area contributed by atoms with E-state index in [9.17, 15) is 14.9 Å². The van der Waals surface area contributed by atoms with Gasteiger partial charge in [-0.3, -0.25) is 14.9 Å². The Kier molecular flexibility index (Phi) is 4.99. The maximum absolute atomic E-state index is 11.9.